The fourth-order valence-electron chi connectivity index (χ4n) is 2.53. The highest BCUT2D eigenvalue weighted by atomic mass is 16.3. The van der Waals surface area contributed by atoms with Gasteiger partial charge in [-0.3, -0.25) is 10.5 Å². The van der Waals surface area contributed by atoms with Crippen LogP contribution in [0.15, 0.2) is 29.0 Å². The van der Waals surface area contributed by atoms with Gasteiger partial charge in [-0.2, -0.15) is 5.10 Å². The third-order valence-corrected chi connectivity index (χ3v) is 3.81. The van der Waals surface area contributed by atoms with Crippen molar-refractivity contribution >= 4 is 0 Å². The number of hydrogen-bond acceptors (Lipinski definition) is 4. The molecule has 110 valence electrons. The Hall–Kier alpha value is -1.59. The summed E-state index contributed by atoms with van der Waals surface area (Å²) in [6.45, 7) is 6.39. The Bertz CT molecular complexity index is 527. The van der Waals surface area contributed by atoms with Crippen molar-refractivity contribution in [1.29, 1.82) is 0 Å². The molecule has 5 heteroatoms. The van der Waals surface area contributed by atoms with E-state index in [0.717, 1.165) is 36.3 Å². The monoisotopic (exact) mass is 276 g/mol. The van der Waals surface area contributed by atoms with Crippen LogP contribution >= 0.6 is 0 Å². The molecule has 0 saturated heterocycles. The minimum absolute atomic E-state index is 0.0462. The predicted octanol–water partition coefficient (Wildman–Crippen LogP) is 2.89. The zero-order valence-corrected chi connectivity index (χ0v) is 12.5. The highest BCUT2D eigenvalue weighted by Crippen LogP contribution is 2.22. The lowest BCUT2D eigenvalue weighted by Gasteiger charge is -2.14. The summed E-state index contributed by atoms with van der Waals surface area (Å²) in [5, 5.41) is 4.66. The Morgan fingerprint density at radius 3 is 2.65 bits per heavy atom. The molecule has 1 atom stereocenters. The van der Waals surface area contributed by atoms with Crippen molar-refractivity contribution in [2.75, 3.05) is 0 Å². The van der Waals surface area contributed by atoms with Crippen LogP contribution in [0, 0.1) is 6.92 Å². The van der Waals surface area contributed by atoms with E-state index in [1.54, 1.807) is 6.26 Å². The number of hydrazine groups is 1. The van der Waals surface area contributed by atoms with Gasteiger partial charge in [0.1, 0.15) is 5.76 Å². The van der Waals surface area contributed by atoms with Gasteiger partial charge in [-0.05, 0) is 37.5 Å². The summed E-state index contributed by atoms with van der Waals surface area (Å²) in [7, 11) is 0. The minimum atomic E-state index is -0.0462. The van der Waals surface area contributed by atoms with Gasteiger partial charge in [-0.15, -0.1) is 0 Å². The standard InChI is InChI=1S/C15H24N4O/c1-4-13(5-2)19-8-6-12(18-19)10-14(17-16)15-11(3)7-9-20-15/h6-9,13-14,17H,4-5,10,16H2,1-3H3. The van der Waals surface area contributed by atoms with Crippen molar-refractivity contribution in [2.24, 2.45) is 5.84 Å². The number of nitrogens with one attached hydrogen (secondary N) is 1. The second-order valence-electron chi connectivity index (χ2n) is 5.15. The van der Waals surface area contributed by atoms with Crippen molar-refractivity contribution in [1.82, 2.24) is 15.2 Å². The molecular weight excluding hydrogens is 252 g/mol. The van der Waals surface area contributed by atoms with Gasteiger partial charge in [0.15, 0.2) is 0 Å². The summed E-state index contributed by atoms with van der Waals surface area (Å²) in [6.07, 6.45) is 6.65. The lowest BCUT2D eigenvalue weighted by molar-refractivity contribution is 0.401. The zero-order valence-electron chi connectivity index (χ0n) is 12.5. The Balaban J connectivity index is 2.11. The lowest BCUT2D eigenvalue weighted by atomic mass is 10.1. The van der Waals surface area contributed by atoms with Crippen LogP contribution in [0.5, 0.6) is 0 Å². The predicted molar refractivity (Wildman–Crippen MR) is 79.1 cm³/mol. The molecule has 0 aliphatic carbocycles. The Morgan fingerprint density at radius 1 is 1.35 bits per heavy atom. The molecule has 0 radical (unpaired) electrons. The summed E-state index contributed by atoms with van der Waals surface area (Å²) in [5.41, 5.74) is 4.95. The third kappa shape index (κ3) is 3.11. The SMILES string of the molecule is CCC(CC)n1ccc(CC(NN)c2occc2C)n1. The first-order valence-corrected chi connectivity index (χ1v) is 7.23. The van der Waals surface area contributed by atoms with Gasteiger partial charge in [0, 0.05) is 12.6 Å². The van der Waals surface area contributed by atoms with E-state index in [0.29, 0.717) is 6.04 Å². The van der Waals surface area contributed by atoms with E-state index in [4.69, 9.17) is 10.3 Å². The van der Waals surface area contributed by atoms with Crippen LogP contribution < -0.4 is 11.3 Å². The van der Waals surface area contributed by atoms with Crippen LogP contribution in [0.2, 0.25) is 0 Å². The van der Waals surface area contributed by atoms with Crippen molar-refractivity contribution in [3.8, 4) is 0 Å². The number of aromatic nitrogens is 2. The molecule has 20 heavy (non-hydrogen) atoms. The second-order valence-corrected chi connectivity index (χ2v) is 5.15. The molecule has 0 aliphatic rings. The maximum atomic E-state index is 5.66. The fourth-order valence-corrected chi connectivity index (χ4v) is 2.53. The lowest BCUT2D eigenvalue weighted by Crippen LogP contribution is -2.30. The molecule has 3 N–H and O–H groups in total. The molecule has 1 unspecified atom stereocenters. The molecule has 5 nitrogen and oxygen atoms in total. The van der Waals surface area contributed by atoms with Gasteiger partial charge in [-0.25, -0.2) is 5.43 Å². The summed E-state index contributed by atoms with van der Waals surface area (Å²) < 4.78 is 7.56. The molecule has 2 aromatic rings. The molecule has 2 heterocycles. The second kappa shape index (κ2) is 6.72. The molecule has 0 saturated carbocycles. The first-order valence-electron chi connectivity index (χ1n) is 7.23. The van der Waals surface area contributed by atoms with Gasteiger partial charge >= 0.3 is 0 Å². The molecular formula is C15H24N4O. The highest BCUT2D eigenvalue weighted by molar-refractivity contribution is 5.20. The summed E-state index contributed by atoms with van der Waals surface area (Å²) >= 11 is 0. The smallest absolute Gasteiger partial charge is 0.125 e. The van der Waals surface area contributed by atoms with Crippen LogP contribution in [0.25, 0.3) is 0 Å². The molecule has 0 amide bonds. The van der Waals surface area contributed by atoms with E-state index in [-0.39, 0.29) is 6.04 Å². The van der Waals surface area contributed by atoms with Gasteiger partial charge in [-0.1, -0.05) is 13.8 Å². The molecule has 0 aromatic carbocycles. The first-order chi connectivity index (χ1) is 9.69. The van der Waals surface area contributed by atoms with Crippen LogP contribution in [0.1, 0.15) is 55.8 Å². The number of nitrogens with zero attached hydrogens (tertiary/aromatic N) is 2. The molecule has 0 fully saturated rings. The van der Waals surface area contributed by atoms with Crippen LogP contribution in [0.4, 0.5) is 0 Å². The Labute approximate surface area is 120 Å². The molecule has 0 spiro atoms. The minimum Gasteiger partial charge on any atom is -0.467 e. The summed E-state index contributed by atoms with van der Waals surface area (Å²) in [5.74, 6) is 6.53. The van der Waals surface area contributed by atoms with E-state index < -0.39 is 0 Å². The van der Waals surface area contributed by atoms with E-state index >= 15 is 0 Å². The average molecular weight is 276 g/mol. The Morgan fingerprint density at radius 2 is 2.10 bits per heavy atom. The molecule has 0 aliphatic heterocycles. The van der Waals surface area contributed by atoms with Crippen LogP contribution in [-0.2, 0) is 6.42 Å². The van der Waals surface area contributed by atoms with Crippen molar-refractivity contribution < 1.29 is 4.42 Å². The van der Waals surface area contributed by atoms with Crippen molar-refractivity contribution in [3.63, 3.8) is 0 Å². The normalized spacial score (nSPS) is 13.1. The molecule has 2 rings (SSSR count). The maximum absolute atomic E-state index is 5.66. The summed E-state index contributed by atoms with van der Waals surface area (Å²) in [4.78, 5) is 0. The third-order valence-electron chi connectivity index (χ3n) is 3.81. The number of nitrogens with two attached hydrogens (primary N) is 1. The fraction of sp³-hybridized carbons (Fsp3) is 0.533. The van der Waals surface area contributed by atoms with Gasteiger partial charge < -0.3 is 4.42 Å². The van der Waals surface area contributed by atoms with Crippen molar-refractivity contribution in [2.45, 2.75) is 52.1 Å². The molecule has 2 aromatic heterocycles. The number of furan rings is 1. The quantitative estimate of drug-likeness (QED) is 0.602. The highest BCUT2D eigenvalue weighted by Gasteiger charge is 2.18. The number of aryl methyl sites for hydroxylation is 1. The van der Waals surface area contributed by atoms with Crippen molar-refractivity contribution in [3.05, 3.63) is 41.6 Å². The largest absolute Gasteiger partial charge is 0.467 e. The molecule has 0 bridgehead atoms. The van der Waals surface area contributed by atoms with E-state index in [2.05, 4.69) is 41.3 Å². The number of hydrogen-bond donors (Lipinski definition) is 2. The maximum Gasteiger partial charge on any atom is 0.125 e. The van der Waals surface area contributed by atoms with E-state index in [9.17, 15) is 0 Å². The topological polar surface area (TPSA) is 69.0 Å². The first kappa shape index (κ1) is 14.8. The summed E-state index contributed by atoms with van der Waals surface area (Å²) in [6, 6.07) is 4.43. The van der Waals surface area contributed by atoms with Gasteiger partial charge in [0.2, 0.25) is 0 Å². The zero-order chi connectivity index (χ0) is 14.5. The Kier molecular flexibility index (Phi) is 4.98. The van der Waals surface area contributed by atoms with Gasteiger partial charge in [0.25, 0.3) is 0 Å². The van der Waals surface area contributed by atoms with E-state index in [1.165, 1.54) is 0 Å². The van der Waals surface area contributed by atoms with Crippen LogP contribution in [0.3, 0.4) is 0 Å². The average Bonchev–Trinajstić information content (AvgIpc) is 3.07. The van der Waals surface area contributed by atoms with Gasteiger partial charge in [0.05, 0.1) is 24.0 Å². The van der Waals surface area contributed by atoms with Crippen LogP contribution in [-0.4, -0.2) is 9.78 Å². The van der Waals surface area contributed by atoms with E-state index in [1.807, 2.05) is 13.0 Å². The number of rotatable bonds is 7.